The largest absolute Gasteiger partial charge is 0.378 e. The summed E-state index contributed by atoms with van der Waals surface area (Å²) in [5, 5.41) is 7.78. The van der Waals surface area contributed by atoms with Gasteiger partial charge in [-0.25, -0.2) is 0 Å². The molecule has 2 unspecified atom stereocenters. The fourth-order valence-electron chi connectivity index (χ4n) is 4.38. The van der Waals surface area contributed by atoms with Crippen molar-refractivity contribution in [3.8, 4) is 0 Å². The molecule has 0 radical (unpaired) electrons. The molecule has 1 aliphatic carbocycles. The Morgan fingerprint density at radius 1 is 1.42 bits per heavy atom. The van der Waals surface area contributed by atoms with E-state index in [0.29, 0.717) is 0 Å². The van der Waals surface area contributed by atoms with E-state index in [9.17, 15) is 4.79 Å². The molecule has 1 saturated carbocycles. The number of nitrogens with zero attached hydrogens (tertiary/aromatic N) is 3. The topological polar surface area (TPSA) is 59.4 Å². The van der Waals surface area contributed by atoms with Crippen molar-refractivity contribution in [3.05, 3.63) is 18.5 Å². The average molecular weight is 334 g/mol. The van der Waals surface area contributed by atoms with Gasteiger partial charge in [0.05, 0.1) is 6.10 Å². The first-order chi connectivity index (χ1) is 11.4. The Kier molecular flexibility index (Phi) is 4.71. The zero-order chi connectivity index (χ0) is 17.4. The summed E-state index contributed by atoms with van der Waals surface area (Å²) in [6.45, 7) is 8.84. The SMILES string of the molecule is CCOC1CC(N(C)C(=O)C2(n3cccn3)CCNCC2)C1(C)C. The Balaban J connectivity index is 1.81. The number of likely N-dealkylation sites (N-methyl/N-ethyl adjacent to an activating group) is 1. The first-order valence-corrected chi connectivity index (χ1v) is 9.03. The number of carbonyl (C=O) groups is 1. The number of amides is 1. The number of piperidine rings is 1. The molecule has 2 heterocycles. The Hall–Kier alpha value is -1.40. The maximum Gasteiger partial charge on any atom is 0.250 e. The summed E-state index contributed by atoms with van der Waals surface area (Å²) in [7, 11) is 1.95. The molecule has 1 amide bonds. The van der Waals surface area contributed by atoms with Crippen LogP contribution in [0.3, 0.4) is 0 Å². The average Bonchev–Trinajstić information content (AvgIpc) is 3.13. The molecular weight excluding hydrogens is 304 g/mol. The summed E-state index contributed by atoms with van der Waals surface area (Å²) in [5.74, 6) is 0.181. The molecule has 2 atom stereocenters. The second-order valence-electron chi connectivity index (χ2n) is 7.67. The van der Waals surface area contributed by atoms with Crippen LogP contribution in [0.2, 0.25) is 0 Å². The molecule has 3 rings (SSSR count). The second-order valence-corrected chi connectivity index (χ2v) is 7.67. The molecule has 1 saturated heterocycles. The van der Waals surface area contributed by atoms with E-state index in [4.69, 9.17) is 4.74 Å². The molecule has 2 fully saturated rings. The van der Waals surface area contributed by atoms with Gasteiger partial charge in [0.2, 0.25) is 0 Å². The summed E-state index contributed by atoms with van der Waals surface area (Å²) >= 11 is 0. The summed E-state index contributed by atoms with van der Waals surface area (Å²) in [6, 6.07) is 2.11. The molecule has 0 bridgehead atoms. The molecule has 1 N–H and O–H groups in total. The highest BCUT2D eigenvalue weighted by atomic mass is 16.5. The molecule has 24 heavy (non-hydrogen) atoms. The van der Waals surface area contributed by atoms with Gasteiger partial charge in [-0.15, -0.1) is 0 Å². The zero-order valence-corrected chi connectivity index (χ0v) is 15.3. The van der Waals surface area contributed by atoms with Crippen LogP contribution in [0, 0.1) is 5.41 Å². The van der Waals surface area contributed by atoms with Crippen molar-refractivity contribution >= 4 is 5.91 Å². The third kappa shape index (κ3) is 2.65. The molecule has 1 aromatic rings. The van der Waals surface area contributed by atoms with Gasteiger partial charge in [0.1, 0.15) is 5.54 Å². The van der Waals surface area contributed by atoms with Gasteiger partial charge >= 0.3 is 0 Å². The predicted octanol–water partition coefficient (Wildman–Crippen LogP) is 1.62. The number of aromatic nitrogens is 2. The molecule has 0 spiro atoms. The van der Waals surface area contributed by atoms with Crippen molar-refractivity contribution in [2.24, 2.45) is 5.41 Å². The standard InChI is InChI=1S/C18H30N4O2/c1-5-24-15-13-14(17(15,2)3)21(4)16(23)18(7-10-19-11-8-18)22-12-6-9-20-22/h6,9,12,14-15,19H,5,7-8,10-11,13H2,1-4H3. The Morgan fingerprint density at radius 3 is 2.67 bits per heavy atom. The van der Waals surface area contributed by atoms with Gasteiger partial charge in [-0.3, -0.25) is 9.48 Å². The van der Waals surface area contributed by atoms with Crippen LogP contribution in [-0.4, -0.2) is 59.5 Å². The minimum Gasteiger partial charge on any atom is -0.378 e. The lowest BCUT2D eigenvalue weighted by Crippen LogP contribution is -2.66. The first kappa shape index (κ1) is 17.4. The van der Waals surface area contributed by atoms with Gasteiger partial charge in [-0.2, -0.15) is 5.10 Å². The van der Waals surface area contributed by atoms with Crippen molar-refractivity contribution in [2.75, 3.05) is 26.7 Å². The van der Waals surface area contributed by atoms with Crippen LogP contribution in [-0.2, 0) is 15.1 Å². The highest BCUT2D eigenvalue weighted by Crippen LogP contribution is 2.46. The predicted molar refractivity (Wildman–Crippen MR) is 92.7 cm³/mol. The van der Waals surface area contributed by atoms with Crippen LogP contribution >= 0.6 is 0 Å². The zero-order valence-electron chi connectivity index (χ0n) is 15.3. The van der Waals surface area contributed by atoms with Crippen molar-refractivity contribution in [1.82, 2.24) is 20.0 Å². The van der Waals surface area contributed by atoms with Gasteiger partial charge in [-0.05, 0) is 45.3 Å². The summed E-state index contributed by atoms with van der Waals surface area (Å²) < 4.78 is 7.70. The quantitative estimate of drug-likeness (QED) is 0.889. The fourth-order valence-corrected chi connectivity index (χ4v) is 4.38. The lowest BCUT2D eigenvalue weighted by molar-refractivity contribution is -0.171. The van der Waals surface area contributed by atoms with Crippen LogP contribution < -0.4 is 5.32 Å². The van der Waals surface area contributed by atoms with E-state index < -0.39 is 5.54 Å². The Morgan fingerprint density at radius 2 is 2.12 bits per heavy atom. The number of rotatable bonds is 5. The summed E-state index contributed by atoms with van der Waals surface area (Å²) in [5.41, 5.74) is -0.574. The molecule has 1 aromatic heterocycles. The van der Waals surface area contributed by atoms with Gasteiger partial charge < -0.3 is 15.0 Å². The monoisotopic (exact) mass is 334 g/mol. The number of hydrogen-bond acceptors (Lipinski definition) is 4. The van der Waals surface area contributed by atoms with E-state index in [1.165, 1.54) is 0 Å². The number of hydrogen-bond donors (Lipinski definition) is 1. The second kappa shape index (κ2) is 6.48. The van der Waals surface area contributed by atoms with Crippen molar-refractivity contribution in [2.45, 2.75) is 57.7 Å². The molecule has 6 nitrogen and oxygen atoms in total. The number of ether oxygens (including phenoxy) is 1. The molecule has 2 aliphatic rings. The van der Waals surface area contributed by atoms with E-state index in [1.54, 1.807) is 6.20 Å². The van der Waals surface area contributed by atoms with E-state index in [2.05, 4.69) is 24.3 Å². The van der Waals surface area contributed by atoms with Crippen molar-refractivity contribution < 1.29 is 9.53 Å². The summed E-state index contributed by atoms with van der Waals surface area (Å²) in [4.78, 5) is 15.5. The van der Waals surface area contributed by atoms with E-state index in [-0.39, 0.29) is 23.5 Å². The molecular formula is C18H30N4O2. The smallest absolute Gasteiger partial charge is 0.250 e. The van der Waals surface area contributed by atoms with E-state index in [1.807, 2.05) is 35.8 Å². The maximum atomic E-state index is 13.5. The summed E-state index contributed by atoms with van der Waals surface area (Å²) in [6.07, 6.45) is 6.38. The highest BCUT2D eigenvalue weighted by molar-refractivity contribution is 5.85. The highest BCUT2D eigenvalue weighted by Gasteiger charge is 2.54. The molecule has 1 aliphatic heterocycles. The van der Waals surface area contributed by atoms with Gasteiger partial charge in [0, 0.05) is 37.5 Å². The lowest BCUT2D eigenvalue weighted by Gasteiger charge is -2.56. The third-order valence-electron chi connectivity index (χ3n) is 6.05. The molecule has 0 aromatic carbocycles. The van der Waals surface area contributed by atoms with Crippen molar-refractivity contribution in [3.63, 3.8) is 0 Å². The molecule has 134 valence electrons. The lowest BCUT2D eigenvalue weighted by atomic mass is 9.63. The number of carbonyl (C=O) groups excluding carboxylic acids is 1. The van der Waals surface area contributed by atoms with Crippen LogP contribution in [0.4, 0.5) is 0 Å². The maximum absolute atomic E-state index is 13.5. The number of nitrogens with one attached hydrogen (secondary N) is 1. The minimum atomic E-state index is -0.559. The van der Waals surface area contributed by atoms with Crippen LogP contribution in [0.1, 0.15) is 40.0 Å². The van der Waals surface area contributed by atoms with E-state index >= 15 is 0 Å². The van der Waals surface area contributed by atoms with E-state index in [0.717, 1.165) is 39.0 Å². The normalized spacial score (nSPS) is 28.2. The van der Waals surface area contributed by atoms with Gasteiger partial charge in [0.15, 0.2) is 0 Å². The van der Waals surface area contributed by atoms with Crippen LogP contribution in [0.5, 0.6) is 0 Å². The van der Waals surface area contributed by atoms with Crippen LogP contribution in [0.15, 0.2) is 18.5 Å². The first-order valence-electron chi connectivity index (χ1n) is 9.03. The van der Waals surface area contributed by atoms with Gasteiger partial charge in [-0.1, -0.05) is 13.8 Å². The van der Waals surface area contributed by atoms with Crippen LogP contribution in [0.25, 0.3) is 0 Å². The van der Waals surface area contributed by atoms with Gasteiger partial charge in [0.25, 0.3) is 5.91 Å². The minimum absolute atomic E-state index is 0.0152. The fraction of sp³-hybridized carbons (Fsp3) is 0.778. The third-order valence-corrected chi connectivity index (χ3v) is 6.05. The molecule has 6 heteroatoms. The Bertz CT molecular complexity index is 564. The Labute approximate surface area is 144 Å². The van der Waals surface area contributed by atoms with Crippen molar-refractivity contribution in [1.29, 1.82) is 0 Å².